The van der Waals surface area contributed by atoms with Crippen molar-refractivity contribution in [3.05, 3.63) is 29.9 Å². The number of aliphatic imine (C=N–C) groups is 1. The van der Waals surface area contributed by atoms with Crippen LogP contribution in [-0.2, 0) is 9.53 Å². The Morgan fingerprint density at radius 3 is 2.94 bits per heavy atom. The van der Waals surface area contributed by atoms with Crippen LogP contribution in [0, 0.1) is 0 Å². The summed E-state index contributed by atoms with van der Waals surface area (Å²) in [4.78, 5) is 18.1. The van der Waals surface area contributed by atoms with Crippen LogP contribution in [0.25, 0.3) is 6.08 Å². The molecule has 0 aromatic carbocycles. The summed E-state index contributed by atoms with van der Waals surface area (Å²) in [5.41, 5.74) is 0.367. The molecule has 1 aromatic rings. The smallest absolute Gasteiger partial charge is 0.276 e. The molecule has 94 valence electrons. The summed E-state index contributed by atoms with van der Waals surface area (Å²) in [6.07, 6.45) is 3.19. The molecule has 3 heterocycles. The van der Waals surface area contributed by atoms with Gasteiger partial charge in [-0.2, -0.15) is 0 Å². The van der Waals surface area contributed by atoms with E-state index in [0.717, 1.165) is 13.1 Å². The van der Waals surface area contributed by atoms with Gasteiger partial charge in [-0.3, -0.25) is 10.1 Å². The molecule has 0 spiro atoms. The maximum Gasteiger partial charge on any atom is 0.276 e. The van der Waals surface area contributed by atoms with Gasteiger partial charge in [0.1, 0.15) is 11.5 Å². The molecule has 6 heteroatoms. The molecule has 1 amide bonds. The maximum absolute atomic E-state index is 11.8. The number of nitrogens with zero attached hydrogens (tertiary/aromatic N) is 2. The van der Waals surface area contributed by atoms with Gasteiger partial charge in [0.15, 0.2) is 0 Å². The number of ether oxygens (including phenoxy) is 1. The van der Waals surface area contributed by atoms with Crippen LogP contribution in [0.3, 0.4) is 0 Å². The molecular formula is C12H13N3O3. The number of hydrogen-bond acceptors (Lipinski definition) is 5. The quantitative estimate of drug-likeness (QED) is 0.731. The summed E-state index contributed by atoms with van der Waals surface area (Å²) in [6, 6.07) is 3.55. The minimum Gasteiger partial charge on any atom is -0.465 e. The molecule has 2 aliphatic heterocycles. The van der Waals surface area contributed by atoms with Gasteiger partial charge in [0.25, 0.3) is 5.91 Å². The number of carbonyl (C=O) groups is 1. The Morgan fingerprint density at radius 2 is 2.22 bits per heavy atom. The van der Waals surface area contributed by atoms with Crippen molar-refractivity contribution in [2.75, 3.05) is 26.3 Å². The average Bonchev–Trinajstić information content (AvgIpc) is 3.02. The van der Waals surface area contributed by atoms with E-state index in [1.165, 1.54) is 0 Å². The van der Waals surface area contributed by atoms with Gasteiger partial charge in [0.2, 0.25) is 5.96 Å². The highest BCUT2D eigenvalue weighted by atomic mass is 16.5. The normalized spacial score (nSPS) is 22.2. The summed E-state index contributed by atoms with van der Waals surface area (Å²) in [5.74, 6) is 1.01. The lowest BCUT2D eigenvalue weighted by Gasteiger charge is -2.27. The molecule has 2 aliphatic rings. The molecule has 1 aromatic heterocycles. The first kappa shape index (κ1) is 11.0. The summed E-state index contributed by atoms with van der Waals surface area (Å²) >= 11 is 0. The molecule has 6 nitrogen and oxygen atoms in total. The zero-order valence-corrected chi connectivity index (χ0v) is 9.76. The van der Waals surface area contributed by atoms with E-state index in [2.05, 4.69) is 10.3 Å². The molecule has 18 heavy (non-hydrogen) atoms. The molecule has 0 radical (unpaired) electrons. The third kappa shape index (κ3) is 2.14. The van der Waals surface area contributed by atoms with Crippen molar-refractivity contribution in [1.82, 2.24) is 10.2 Å². The van der Waals surface area contributed by atoms with Gasteiger partial charge < -0.3 is 14.1 Å². The van der Waals surface area contributed by atoms with Crippen molar-refractivity contribution in [3.63, 3.8) is 0 Å². The second kappa shape index (κ2) is 4.66. The predicted octanol–water partition coefficient (Wildman–Crippen LogP) is 0.438. The molecule has 0 aliphatic carbocycles. The number of rotatable bonds is 1. The van der Waals surface area contributed by atoms with Crippen LogP contribution in [0.15, 0.2) is 33.5 Å². The zero-order valence-electron chi connectivity index (χ0n) is 9.76. The highest BCUT2D eigenvalue weighted by Gasteiger charge is 2.25. The number of furan rings is 1. The van der Waals surface area contributed by atoms with Gasteiger partial charge in [-0.1, -0.05) is 0 Å². The maximum atomic E-state index is 11.8. The minimum absolute atomic E-state index is 0.201. The fourth-order valence-electron chi connectivity index (χ4n) is 1.89. The third-order valence-corrected chi connectivity index (χ3v) is 2.82. The Hall–Kier alpha value is -2.08. The minimum atomic E-state index is -0.201. The first-order valence-electron chi connectivity index (χ1n) is 5.81. The van der Waals surface area contributed by atoms with Crippen molar-refractivity contribution >= 4 is 17.9 Å². The van der Waals surface area contributed by atoms with Crippen LogP contribution < -0.4 is 5.32 Å². The molecule has 0 bridgehead atoms. The van der Waals surface area contributed by atoms with E-state index in [1.54, 1.807) is 24.5 Å². The van der Waals surface area contributed by atoms with E-state index in [9.17, 15) is 4.79 Å². The molecule has 1 saturated heterocycles. The van der Waals surface area contributed by atoms with E-state index in [-0.39, 0.29) is 5.91 Å². The number of hydrogen-bond donors (Lipinski definition) is 1. The number of amides is 1. The number of carbonyl (C=O) groups excluding carboxylic acids is 1. The van der Waals surface area contributed by atoms with Gasteiger partial charge in [0.05, 0.1) is 19.5 Å². The average molecular weight is 247 g/mol. The first-order valence-corrected chi connectivity index (χ1v) is 5.81. The van der Waals surface area contributed by atoms with Gasteiger partial charge in [-0.25, -0.2) is 4.99 Å². The molecule has 3 rings (SSSR count). The van der Waals surface area contributed by atoms with Gasteiger partial charge in [0, 0.05) is 19.2 Å². The van der Waals surface area contributed by atoms with Crippen LogP contribution in [0.1, 0.15) is 5.76 Å². The molecule has 0 unspecified atom stereocenters. The van der Waals surface area contributed by atoms with Gasteiger partial charge in [-0.15, -0.1) is 0 Å². The van der Waals surface area contributed by atoms with Crippen LogP contribution in [0.4, 0.5) is 0 Å². The van der Waals surface area contributed by atoms with E-state index < -0.39 is 0 Å². The first-order chi connectivity index (χ1) is 8.83. The second-order valence-corrected chi connectivity index (χ2v) is 4.03. The summed E-state index contributed by atoms with van der Waals surface area (Å²) in [5, 5.41) is 2.76. The Balaban J connectivity index is 1.80. The van der Waals surface area contributed by atoms with E-state index >= 15 is 0 Å². The van der Waals surface area contributed by atoms with Crippen molar-refractivity contribution in [1.29, 1.82) is 0 Å². The fourth-order valence-corrected chi connectivity index (χ4v) is 1.89. The largest absolute Gasteiger partial charge is 0.465 e. The van der Waals surface area contributed by atoms with Crippen LogP contribution in [0.5, 0.6) is 0 Å². The summed E-state index contributed by atoms with van der Waals surface area (Å²) < 4.78 is 10.4. The summed E-state index contributed by atoms with van der Waals surface area (Å²) in [6.45, 7) is 2.80. The second-order valence-electron chi connectivity index (χ2n) is 4.03. The van der Waals surface area contributed by atoms with Crippen molar-refractivity contribution < 1.29 is 13.9 Å². The third-order valence-electron chi connectivity index (χ3n) is 2.82. The molecule has 1 N–H and O–H groups in total. The topological polar surface area (TPSA) is 67.1 Å². The van der Waals surface area contributed by atoms with Crippen molar-refractivity contribution in [2.45, 2.75) is 0 Å². The Bertz CT molecular complexity index is 499. The molecular weight excluding hydrogens is 234 g/mol. The SMILES string of the molecule is O=C1NC(N2CCOCC2)=NC1=Cc1ccco1. The number of morpholine rings is 1. The van der Waals surface area contributed by atoms with Crippen molar-refractivity contribution in [3.8, 4) is 0 Å². The molecule has 1 fully saturated rings. The van der Waals surface area contributed by atoms with E-state index in [1.807, 2.05) is 4.90 Å². The van der Waals surface area contributed by atoms with Crippen molar-refractivity contribution in [2.24, 2.45) is 4.99 Å². The van der Waals surface area contributed by atoms with Gasteiger partial charge in [-0.05, 0) is 12.1 Å². The monoisotopic (exact) mass is 247 g/mol. The number of nitrogens with one attached hydrogen (secondary N) is 1. The Kier molecular flexibility index (Phi) is 2.85. The Labute approximate surface area is 104 Å². The van der Waals surface area contributed by atoms with Crippen LogP contribution >= 0.6 is 0 Å². The standard InChI is InChI=1S/C12H13N3O3/c16-11-10(8-9-2-1-5-18-9)13-12(14-11)15-3-6-17-7-4-15/h1-2,5,8H,3-4,6-7H2,(H,13,14,16). The van der Waals surface area contributed by atoms with E-state index in [0.29, 0.717) is 30.6 Å². The summed E-state index contributed by atoms with van der Waals surface area (Å²) in [7, 11) is 0. The number of guanidine groups is 1. The van der Waals surface area contributed by atoms with E-state index in [4.69, 9.17) is 9.15 Å². The molecule has 0 saturated carbocycles. The fraction of sp³-hybridized carbons (Fsp3) is 0.333. The lowest BCUT2D eigenvalue weighted by Crippen LogP contribution is -2.46. The predicted molar refractivity (Wildman–Crippen MR) is 64.7 cm³/mol. The molecule has 0 atom stereocenters. The lowest BCUT2D eigenvalue weighted by atomic mass is 10.3. The van der Waals surface area contributed by atoms with Crippen LogP contribution in [0.2, 0.25) is 0 Å². The van der Waals surface area contributed by atoms with Gasteiger partial charge >= 0.3 is 0 Å². The van der Waals surface area contributed by atoms with Crippen LogP contribution in [-0.4, -0.2) is 43.1 Å². The Morgan fingerprint density at radius 1 is 1.39 bits per heavy atom. The lowest BCUT2D eigenvalue weighted by molar-refractivity contribution is -0.115. The zero-order chi connectivity index (χ0) is 12.4. The highest BCUT2D eigenvalue weighted by molar-refractivity contribution is 6.13. The highest BCUT2D eigenvalue weighted by Crippen LogP contribution is 2.14.